The Labute approximate surface area is 111 Å². The summed E-state index contributed by atoms with van der Waals surface area (Å²) in [7, 11) is 4.68. The zero-order chi connectivity index (χ0) is 12.3. The quantitative estimate of drug-likeness (QED) is 0.548. The minimum Gasteiger partial charge on any atom is -0.306 e. The lowest BCUT2D eigenvalue weighted by atomic mass is 9.99. The smallest absolute Gasteiger partial charge is 0.0256 e. The van der Waals surface area contributed by atoms with Crippen LogP contribution in [0, 0.1) is 5.92 Å². The van der Waals surface area contributed by atoms with Gasteiger partial charge in [0, 0.05) is 10.9 Å². The molecule has 0 aromatic heterocycles. The van der Waals surface area contributed by atoms with E-state index in [-0.39, 0.29) is 7.92 Å². The average molecular weight is 308 g/mol. The van der Waals surface area contributed by atoms with Gasteiger partial charge in [-0.3, -0.25) is 0 Å². The lowest BCUT2D eigenvalue weighted by Crippen LogP contribution is -2.36. The van der Waals surface area contributed by atoms with Crippen molar-refractivity contribution in [3.05, 3.63) is 0 Å². The van der Waals surface area contributed by atoms with Gasteiger partial charge < -0.3 is 4.90 Å². The summed E-state index contributed by atoms with van der Waals surface area (Å²) in [6.07, 6.45) is 5.67. The van der Waals surface area contributed by atoms with Crippen molar-refractivity contribution in [2.75, 3.05) is 26.4 Å². The third-order valence-electron chi connectivity index (χ3n) is 4.29. The van der Waals surface area contributed by atoms with Crippen LogP contribution >= 0.6 is 23.9 Å². The molecule has 1 nitrogen and oxygen atoms in total. The molecule has 1 saturated carbocycles. The Balaban J connectivity index is 2.62. The molecule has 16 heavy (non-hydrogen) atoms. The van der Waals surface area contributed by atoms with Crippen molar-refractivity contribution in [3.63, 3.8) is 0 Å². The van der Waals surface area contributed by atoms with E-state index in [0.29, 0.717) is 6.04 Å². The van der Waals surface area contributed by atoms with Crippen LogP contribution in [-0.2, 0) is 0 Å². The summed E-state index contributed by atoms with van der Waals surface area (Å²) in [5.74, 6) is 0.850. The molecule has 1 rings (SSSR count). The Bertz CT molecular complexity index is 196. The van der Waals surface area contributed by atoms with Gasteiger partial charge in [-0.25, -0.2) is 0 Å². The number of hydrogen-bond acceptors (Lipinski definition) is 1. The Kier molecular flexibility index (Phi) is 6.26. The largest absolute Gasteiger partial charge is 0.306 e. The van der Waals surface area contributed by atoms with Crippen LogP contribution in [-0.4, -0.2) is 47.8 Å². The fourth-order valence-corrected chi connectivity index (χ4v) is 7.43. The molecule has 0 aliphatic heterocycles. The number of rotatable bonds is 5. The van der Waals surface area contributed by atoms with E-state index in [1.54, 1.807) is 0 Å². The third-order valence-corrected chi connectivity index (χ3v) is 9.16. The van der Waals surface area contributed by atoms with Crippen molar-refractivity contribution < 1.29 is 0 Å². The zero-order valence-electron chi connectivity index (χ0n) is 11.4. The number of halogens is 1. The maximum atomic E-state index is 4.01. The summed E-state index contributed by atoms with van der Waals surface area (Å²) in [6, 6.07) is 0.708. The molecule has 1 aliphatic carbocycles. The molecule has 0 aromatic rings. The van der Waals surface area contributed by atoms with Gasteiger partial charge in [0.15, 0.2) is 0 Å². The Morgan fingerprint density at radius 2 is 1.81 bits per heavy atom. The van der Waals surface area contributed by atoms with Gasteiger partial charge in [0.1, 0.15) is 0 Å². The van der Waals surface area contributed by atoms with Crippen molar-refractivity contribution in [3.8, 4) is 0 Å². The van der Waals surface area contributed by atoms with Crippen LogP contribution in [0.2, 0.25) is 0 Å². The van der Waals surface area contributed by atoms with Gasteiger partial charge >= 0.3 is 0 Å². The van der Waals surface area contributed by atoms with Crippen LogP contribution in [0.15, 0.2) is 0 Å². The number of hydrogen-bond donors (Lipinski definition) is 0. The molecule has 4 atom stereocenters. The fraction of sp³-hybridized carbons (Fsp3) is 1.00. The maximum absolute atomic E-state index is 4.01. The van der Waals surface area contributed by atoms with Gasteiger partial charge in [0.2, 0.25) is 0 Å². The van der Waals surface area contributed by atoms with Crippen LogP contribution in [0.5, 0.6) is 0 Å². The molecule has 0 aromatic carbocycles. The Morgan fingerprint density at radius 1 is 1.25 bits per heavy atom. The fourth-order valence-electron chi connectivity index (χ4n) is 2.93. The predicted molar refractivity (Wildman–Crippen MR) is 80.4 cm³/mol. The van der Waals surface area contributed by atoms with Crippen molar-refractivity contribution in [2.45, 2.75) is 50.1 Å². The second-order valence-electron chi connectivity index (χ2n) is 5.18. The second kappa shape index (κ2) is 6.71. The second-order valence-corrected chi connectivity index (χ2v) is 9.34. The molecule has 0 bridgehead atoms. The van der Waals surface area contributed by atoms with Gasteiger partial charge in [-0.2, -0.15) is 0 Å². The molecule has 0 saturated heterocycles. The van der Waals surface area contributed by atoms with Gasteiger partial charge in [-0.1, -0.05) is 29.8 Å². The molecule has 1 aliphatic rings. The van der Waals surface area contributed by atoms with Crippen molar-refractivity contribution in [1.82, 2.24) is 4.90 Å². The average Bonchev–Trinajstić information content (AvgIpc) is 2.62. The van der Waals surface area contributed by atoms with Gasteiger partial charge in [-0.05, 0) is 57.8 Å². The summed E-state index contributed by atoms with van der Waals surface area (Å²) in [5, 5.41) is 0. The highest BCUT2D eigenvalue weighted by Crippen LogP contribution is 2.53. The molecule has 0 N–H and O–H groups in total. The molecule has 96 valence electrons. The van der Waals surface area contributed by atoms with Gasteiger partial charge in [0.05, 0.1) is 0 Å². The van der Waals surface area contributed by atoms with Crippen LogP contribution in [0.1, 0.15) is 33.6 Å². The first-order valence-electron chi connectivity index (χ1n) is 6.57. The highest BCUT2D eigenvalue weighted by atomic mass is 79.9. The lowest BCUT2D eigenvalue weighted by Gasteiger charge is -2.32. The summed E-state index contributed by atoms with van der Waals surface area (Å²) >= 11 is 4.01. The molecule has 1 fully saturated rings. The van der Waals surface area contributed by atoms with Crippen molar-refractivity contribution in [1.29, 1.82) is 0 Å². The number of nitrogens with zero attached hydrogens (tertiary/aromatic N) is 1. The zero-order valence-corrected chi connectivity index (χ0v) is 13.9. The maximum Gasteiger partial charge on any atom is 0.0256 e. The topological polar surface area (TPSA) is 3.24 Å². The van der Waals surface area contributed by atoms with E-state index in [4.69, 9.17) is 0 Å². The van der Waals surface area contributed by atoms with Crippen LogP contribution in [0.4, 0.5) is 0 Å². The molecule has 3 unspecified atom stereocenters. The summed E-state index contributed by atoms with van der Waals surface area (Å²) in [6.45, 7) is 7.12. The molecular weight excluding hydrogens is 281 g/mol. The van der Waals surface area contributed by atoms with E-state index >= 15 is 0 Å². The van der Waals surface area contributed by atoms with Crippen molar-refractivity contribution in [2.24, 2.45) is 5.92 Å². The molecule has 0 heterocycles. The molecular formula is C13H27BrNP. The Hall–Kier alpha value is 0.870. The molecule has 3 heteroatoms. The van der Waals surface area contributed by atoms with Crippen LogP contribution in [0.3, 0.4) is 0 Å². The SMILES string of the molecule is CCP(CC)C1CCC([C@@H](C)N(C)C)C1Br. The van der Waals surface area contributed by atoms with Crippen LogP contribution in [0.25, 0.3) is 0 Å². The van der Waals surface area contributed by atoms with E-state index < -0.39 is 0 Å². The molecule has 0 radical (unpaired) electrons. The monoisotopic (exact) mass is 307 g/mol. The first kappa shape index (κ1) is 14.9. The summed E-state index contributed by atoms with van der Waals surface area (Å²) in [4.78, 5) is 3.14. The van der Waals surface area contributed by atoms with Gasteiger partial charge in [0.25, 0.3) is 0 Å². The minimum atomic E-state index is 0.267. The van der Waals surface area contributed by atoms with Gasteiger partial charge in [-0.15, -0.1) is 7.92 Å². The lowest BCUT2D eigenvalue weighted by molar-refractivity contribution is 0.234. The molecule has 0 amide bonds. The normalized spacial score (nSPS) is 32.6. The van der Waals surface area contributed by atoms with E-state index in [2.05, 4.69) is 55.7 Å². The predicted octanol–water partition coefficient (Wildman–Crippen LogP) is 4.00. The van der Waals surface area contributed by atoms with E-state index in [9.17, 15) is 0 Å². The standard InChI is InChI=1S/C13H27BrNP/c1-6-16(7-2)12-9-8-11(13(12)14)10(3)15(4)5/h10-13H,6-9H2,1-5H3/t10-,11?,12?,13?/m1/s1. The summed E-state index contributed by atoms with van der Waals surface area (Å²) in [5.41, 5.74) is 0.970. The highest BCUT2D eigenvalue weighted by molar-refractivity contribution is 9.09. The first-order valence-corrected chi connectivity index (χ1v) is 9.27. The molecule has 0 spiro atoms. The highest BCUT2D eigenvalue weighted by Gasteiger charge is 2.40. The van der Waals surface area contributed by atoms with Crippen molar-refractivity contribution >= 4 is 23.9 Å². The van der Waals surface area contributed by atoms with E-state index in [0.717, 1.165) is 16.4 Å². The van der Waals surface area contributed by atoms with Crippen LogP contribution < -0.4 is 0 Å². The minimum absolute atomic E-state index is 0.267. The summed E-state index contributed by atoms with van der Waals surface area (Å²) < 4.78 is 0. The number of alkyl halides is 1. The third kappa shape index (κ3) is 3.21. The first-order chi connectivity index (χ1) is 7.52. The van der Waals surface area contributed by atoms with E-state index in [1.165, 1.54) is 25.2 Å². The Morgan fingerprint density at radius 3 is 2.25 bits per heavy atom. The van der Waals surface area contributed by atoms with E-state index in [1.807, 2.05) is 0 Å².